The van der Waals surface area contributed by atoms with E-state index in [1.54, 1.807) is 0 Å². The number of nitrogens with zero attached hydrogens (tertiary/aromatic N) is 2. The maximum Gasteiger partial charge on any atom is 0.248 e. The van der Waals surface area contributed by atoms with E-state index in [-0.39, 0.29) is 24.5 Å². The number of nitrogens with one attached hydrogen (secondary N) is 1. The van der Waals surface area contributed by atoms with Crippen molar-refractivity contribution in [3.63, 3.8) is 0 Å². The highest BCUT2D eigenvalue weighted by molar-refractivity contribution is 5.82. The summed E-state index contributed by atoms with van der Waals surface area (Å²) in [6.45, 7) is 8.47. The van der Waals surface area contributed by atoms with Crippen molar-refractivity contribution < 1.29 is 14.3 Å². The third-order valence-electron chi connectivity index (χ3n) is 6.83. The summed E-state index contributed by atoms with van der Waals surface area (Å²) in [4.78, 5) is 29.9. The van der Waals surface area contributed by atoms with Crippen molar-refractivity contribution in [1.82, 2.24) is 15.1 Å². The van der Waals surface area contributed by atoms with Gasteiger partial charge in [0.05, 0.1) is 12.6 Å². The van der Waals surface area contributed by atoms with E-state index >= 15 is 0 Å². The number of piperazine rings is 1. The summed E-state index contributed by atoms with van der Waals surface area (Å²) in [5, 5.41) is 3.20. The Morgan fingerprint density at radius 3 is 2.42 bits per heavy atom. The van der Waals surface area contributed by atoms with E-state index in [1.165, 1.54) is 12.8 Å². The molecule has 1 aliphatic heterocycles. The summed E-state index contributed by atoms with van der Waals surface area (Å²) in [5.41, 5.74) is 1.07. The van der Waals surface area contributed by atoms with Crippen LogP contribution in [0.3, 0.4) is 0 Å². The maximum atomic E-state index is 13.1. The van der Waals surface area contributed by atoms with E-state index < -0.39 is 0 Å². The van der Waals surface area contributed by atoms with E-state index in [9.17, 15) is 9.59 Å². The van der Waals surface area contributed by atoms with Crippen molar-refractivity contribution >= 4 is 11.8 Å². The van der Waals surface area contributed by atoms with E-state index in [0.717, 1.165) is 44.5 Å². The zero-order chi connectivity index (χ0) is 22.1. The number of benzene rings is 1. The normalized spacial score (nSPS) is 19.9. The molecule has 1 saturated heterocycles. The van der Waals surface area contributed by atoms with Crippen LogP contribution in [0, 0.1) is 11.8 Å². The Morgan fingerprint density at radius 1 is 1.10 bits per heavy atom. The molecule has 172 valence electrons. The fourth-order valence-corrected chi connectivity index (χ4v) is 4.65. The van der Waals surface area contributed by atoms with Gasteiger partial charge in [0.25, 0.3) is 0 Å². The molecule has 0 radical (unpaired) electrons. The molecule has 6 heteroatoms. The van der Waals surface area contributed by atoms with Crippen LogP contribution in [0.5, 0.6) is 0 Å². The zero-order valence-electron chi connectivity index (χ0n) is 19.2. The number of hydrogen-bond acceptors (Lipinski definition) is 4. The average Bonchev–Trinajstić information content (AvgIpc) is 3.33. The molecular weight excluding hydrogens is 390 g/mol. The molecule has 2 amide bonds. The highest BCUT2D eigenvalue weighted by atomic mass is 16.5. The van der Waals surface area contributed by atoms with E-state index in [1.807, 2.05) is 35.2 Å². The number of rotatable bonds is 10. The lowest BCUT2D eigenvalue weighted by molar-refractivity contribution is -0.139. The molecule has 2 atom stereocenters. The molecule has 1 aromatic rings. The first-order chi connectivity index (χ1) is 15.1. The summed E-state index contributed by atoms with van der Waals surface area (Å²) in [6.07, 6.45) is 5.78. The lowest BCUT2D eigenvalue weighted by atomic mass is 9.94. The third-order valence-corrected chi connectivity index (χ3v) is 6.83. The van der Waals surface area contributed by atoms with Crippen LogP contribution in [-0.2, 0) is 20.9 Å². The van der Waals surface area contributed by atoms with Crippen molar-refractivity contribution in [3.8, 4) is 0 Å². The van der Waals surface area contributed by atoms with Crippen LogP contribution in [0.1, 0.15) is 51.5 Å². The summed E-state index contributed by atoms with van der Waals surface area (Å²) in [7, 11) is 0. The number of amides is 2. The maximum absolute atomic E-state index is 13.1. The first-order valence-electron chi connectivity index (χ1n) is 12.0. The summed E-state index contributed by atoms with van der Waals surface area (Å²) in [5.74, 6) is 1.15. The highest BCUT2D eigenvalue weighted by Gasteiger charge is 2.37. The summed E-state index contributed by atoms with van der Waals surface area (Å²) >= 11 is 0. The molecule has 0 bridgehead atoms. The van der Waals surface area contributed by atoms with Gasteiger partial charge in [0.2, 0.25) is 11.8 Å². The highest BCUT2D eigenvalue weighted by Crippen LogP contribution is 2.31. The molecule has 0 spiro atoms. The second kappa shape index (κ2) is 12.2. The van der Waals surface area contributed by atoms with Crippen LogP contribution < -0.4 is 5.32 Å². The van der Waals surface area contributed by atoms with Crippen LogP contribution in [0.15, 0.2) is 30.3 Å². The van der Waals surface area contributed by atoms with E-state index in [0.29, 0.717) is 31.5 Å². The fraction of sp³-hybridized carbons (Fsp3) is 0.680. The van der Waals surface area contributed by atoms with Gasteiger partial charge in [0, 0.05) is 32.7 Å². The van der Waals surface area contributed by atoms with Gasteiger partial charge in [0.1, 0.15) is 6.61 Å². The van der Waals surface area contributed by atoms with Gasteiger partial charge in [-0.25, -0.2) is 0 Å². The molecule has 0 aromatic heterocycles. The fourth-order valence-electron chi connectivity index (χ4n) is 4.65. The van der Waals surface area contributed by atoms with Crippen LogP contribution in [0.25, 0.3) is 0 Å². The SMILES string of the molecule is CC[C@H](C)CNC(=O)[C@H](C1CCCC1)N1CCN(C(=O)COCc2ccccc2)CC1. The van der Waals surface area contributed by atoms with Gasteiger partial charge in [0.15, 0.2) is 0 Å². The first-order valence-corrected chi connectivity index (χ1v) is 12.0. The molecule has 3 rings (SSSR count). The van der Waals surface area contributed by atoms with Crippen LogP contribution >= 0.6 is 0 Å². The average molecular weight is 430 g/mol. The first kappa shape index (κ1) is 23.7. The molecule has 1 aromatic carbocycles. The molecule has 1 saturated carbocycles. The number of carbonyl (C=O) groups is 2. The molecule has 1 aliphatic carbocycles. The zero-order valence-corrected chi connectivity index (χ0v) is 19.2. The lowest BCUT2D eigenvalue weighted by Crippen LogP contribution is -2.58. The van der Waals surface area contributed by atoms with Crippen molar-refractivity contribution in [2.75, 3.05) is 39.3 Å². The minimum Gasteiger partial charge on any atom is -0.367 e. The van der Waals surface area contributed by atoms with E-state index in [2.05, 4.69) is 24.1 Å². The quantitative estimate of drug-likeness (QED) is 0.621. The standard InChI is InChI=1S/C25H39N3O3/c1-3-20(2)17-26-25(30)24(22-11-7-8-12-22)28-15-13-27(14-16-28)23(29)19-31-18-21-9-5-4-6-10-21/h4-6,9-10,20,22,24H,3,7-8,11-19H2,1-2H3,(H,26,30)/t20-,24-/m0/s1. The van der Waals surface area contributed by atoms with Crippen molar-refractivity contribution in [1.29, 1.82) is 0 Å². The summed E-state index contributed by atoms with van der Waals surface area (Å²) in [6, 6.07) is 9.85. The predicted octanol–water partition coefficient (Wildman–Crippen LogP) is 3.07. The molecule has 1 heterocycles. The molecule has 0 unspecified atom stereocenters. The van der Waals surface area contributed by atoms with Crippen LogP contribution in [0.2, 0.25) is 0 Å². The molecule has 1 N–H and O–H groups in total. The van der Waals surface area contributed by atoms with Gasteiger partial charge in [-0.2, -0.15) is 0 Å². The Hall–Kier alpha value is -1.92. The van der Waals surface area contributed by atoms with Crippen LogP contribution in [-0.4, -0.2) is 67.0 Å². The minimum absolute atomic E-state index is 0.0363. The Kier molecular flexibility index (Phi) is 9.34. The van der Waals surface area contributed by atoms with Gasteiger partial charge in [-0.05, 0) is 30.2 Å². The van der Waals surface area contributed by atoms with E-state index in [4.69, 9.17) is 4.74 Å². The largest absolute Gasteiger partial charge is 0.367 e. The Labute approximate surface area is 187 Å². The van der Waals surface area contributed by atoms with Gasteiger partial charge in [-0.15, -0.1) is 0 Å². The number of ether oxygens (including phenoxy) is 1. The minimum atomic E-state index is -0.0573. The number of hydrogen-bond donors (Lipinski definition) is 1. The second-order valence-electron chi connectivity index (χ2n) is 9.14. The topological polar surface area (TPSA) is 61.9 Å². The summed E-state index contributed by atoms with van der Waals surface area (Å²) < 4.78 is 5.62. The Balaban J connectivity index is 1.47. The molecule has 31 heavy (non-hydrogen) atoms. The third kappa shape index (κ3) is 7.04. The molecule has 6 nitrogen and oxygen atoms in total. The monoisotopic (exact) mass is 429 g/mol. The van der Waals surface area contributed by atoms with Gasteiger partial charge >= 0.3 is 0 Å². The van der Waals surface area contributed by atoms with Crippen LogP contribution in [0.4, 0.5) is 0 Å². The number of carbonyl (C=O) groups excluding carboxylic acids is 2. The van der Waals surface area contributed by atoms with Gasteiger partial charge in [-0.3, -0.25) is 14.5 Å². The Bertz CT molecular complexity index is 683. The predicted molar refractivity (Wildman–Crippen MR) is 122 cm³/mol. The van der Waals surface area contributed by atoms with Crippen molar-refractivity contribution in [2.24, 2.45) is 11.8 Å². The molecule has 2 aliphatic rings. The van der Waals surface area contributed by atoms with Gasteiger partial charge in [-0.1, -0.05) is 63.4 Å². The second-order valence-corrected chi connectivity index (χ2v) is 9.14. The van der Waals surface area contributed by atoms with Crippen molar-refractivity contribution in [2.45, 2.75) is 58.6 Å². The molecule has 2 fully saturated rings. The molecular formula is C25H39N3O3. The van der Waals surface area contributed by atoms with Gasteiger partial charge < -0.3 is 15.0 Å². The van der Waals surface area contributed by atoms with Crippen molar-refractivity contribution in [3.05, 3.63) is 35.9 Å². The Morgan fingerprint density at radius 2 is 1.77 bits per heavy atom. The smallest absolute Gasteiger partial charge is 0.248 e. The lowest BCUT2D eigenvalue weighted by Gasteiger charge is -2.40.